The molecule has 0 spiro atoms. The first-order chi connectivity index (χ1) is 12.7. The van der Waals surface area contributed by atoms with Gasteiger partial charge in [-0.3, -0.25) is 24.8 Å². The van der Waals surface area contributed by atoms with Gasteiger partial charge in [-0.05, 0) is 45.9 Å². The van der Waals surface area contributed by atoms with Gasteiger partial charge in [-0.25, -0.2) is 4.79 Å². The van der Waals surface area contributed by atoms with Crippen LogP contribution in [-0.2, 0) is 16.1 Å². The summed E-state index contributed by atoms with van der Waals surface area (Å²) in [6.45, 7) is 6.94. The molecule has 2 heterocycles. The molecule has 0 aliphatic rings. The normalized spacial score (nSPS) is 12.1. The maximum absolute atomic E-state index is 12.3. The van der Waals surface area contributed by atoms with Crippen molar-refractivity contribution in [1.29, 1.82) is 0 Å². The van der Waals surface area contributed by atoms with E-state index in [1.54, 1.807) is 45.2 Å². The molecule has 0 radical (unpaired) electrons. The summed E-state index contributed by atoms with van der Waals surface area (Å²) in [5, 5.41) is 11.8. The molecule has 0 bridgehead atoms. The summed E-state index contributed by atoms with van der Waals surface area (Å²) in [4.78, 5) is 36.3. The Morgan fingerprint density at radius 3 is 2.67 bits per heavy atom. The number of aromatic amines is 1. The third-order valence-electron chi connectivity index (χ3n) is 3.33. The number of nitrogens with zero attached hydrogens (tertiary/aromatic N) is 2. The molecular formula is C17H24N6O4. The minimum atomic E-state index is -0.859. The quantitative estimate of drug-likeness (QED) is 0.600. The van der Waals surface area contributed by atoms with Crippen LogP contribution in [0.15, 0.2) is 30.6 Å². The number of alkyl carbamates (subject to hydrolysis) is 1. The van der Waals surface area contributed by atoms with E-state index >= 15 is 0 Å². The highest BCUT2D eigenvalue weighted by Crippen LogP contribution is 2.07. The van der Waals surface area contributed by atoms with Crippen LogP contribution in [0, 0.1) is 0 Å². The van der Waals surface area contributed by atoms with Crippen LogP contribution in [-0.4, -0.2) is 44.4 Å². The minimum absolute atomic E-state index is 0.239. The van der Waals surface area contributed by atoms with E-state index in [1.165, 1.54) is 17.8 Å². The van der Waals surface area contributed by atoms with Crippen LogP contribution in [0.2, 0.25) is 0 Å². The van der Waals surface area contributed by atoms with Gasteiger partial charge in [-0.2, -0.15) is 5.10 Å². The second kappa shape index (κ2) is 8.39. The number of carbonyl (C=O) groups excluding carboxylic acids is 3. The zero-order chi connectivity index (χ0) is 20.0. The average molecular weight is 376 g/mol. The predicted molar refractivity (Wildman–Crippen MR) is 97.4 cm³/mol. The highest BCUT2D eigenvalue weighted by Gasteiger charge is 2.22. The van der Waals surface area contributed by atoms with Crippen molar-refractivity contribution in [2.45, 2.75) is 45.9 Å². The molecule has 2 rings (SSSR count). The molecule has 0 aliphatic carbocycles. The van der Waals surface area contributed by atoms with Crippen LogP contribution >= 0.6 is 0 Å². The number of aromatic nitrogens is 3. The van der Waals surface area contributed by atoms with Gasteiger partial charge >= 0.3 is 6.09 Å². The van der Waals surface area contributed by atoms with E-state index in [0.717, 1.165) is 0 Å². The van der Waals surface area contributed by atoms with E-state index in [2.05, 4.69) is 26.3 Å². The van der Waals surface area contributed by atoms with E-state index < -0.39 is 23.6 Å². The van der Waals surface area contributed by atoms with Crippen molar-refractivity contribution in [3.8, 4) is 0 Å². The van der Waals surface area contributed by atoms with Crippen molar-refractivity contribution in [2.24, 2.45) is 0 Å². The Kier molecular flexibility index (Phi) is 6.22. The molecule has 0 saturated carbocycles. The Hall–Kier alpha value is -3.30. The molecule has 0 saturated heterocycles. The summed E-state index contributed by atoms with van der Waals surface area (Å²) in [7, 11) is 0. The van der Waals surface area contributed by atoms with Crippen LogP contribution in [0.5, 0.6) is 0 Å². The summed E-state index contributed by atoms with van der Waals surface area (Å²) in [5.74, 6) is -0.880. The Morgan fingerprint density at radius 2 is 2.04 bits per heavy atom. The summed E-state index contributed by atoms with van der Waals surface area (Å²) >= 11 is 0. The van der Waals surface area contributed by atoms with Gasteiger partial charge in [0.25, 0.3) is 11.8 Å². The van der Waals surface area contributed by atoms with Crippen LogP contribution in [0.1, 0.15) is 43.9 Å². The molecule has 3 amide bonds. The van der Waals surface area contributed by atoms with Crippen molar-refractivity contribution >= 4 is 17.9 Å². The lowest BCUT2D eigenvalue weighted by Gasteiger charge is -2.22. The minimum Gasteiger partial charge on any atom is -0.444 e. The zero-order valence-electron chi connectivity index (χ0n) is 15.7. The summed E-state index contributed by atoms with van der Waals surface area (Å²) < 4.78 is 6.40. The van der Waals surface area contributed by atoms with Gasteiger partial charge in [0.1, 0.15) is 17.3 Å². The van der Waals surface area contributed by atoms with E-state index in [-0.39, 0.29) is 18.1 Å². The number of hydrogen-bond acceptors (Lipinski definition) is 5. The summed E-state index contributed by atoms with van der Waals surface area (Å²) in [6.07, 6.45) is 2.49. The molecule has 1 unspecified atom stereocenters. The number of carbonyl (C=O) groups is 3. The molecule has 0 fully saturated rings. The lowest BCUT2D eigenvalue weighted by atomic mass is 10.2. The van der Waals surface area contributed by atoms with Crippen molar-refractivity contribution < 1.29 is 19.1 Å². The Morgan fingerprint density at radius 1 is 1.30 bits per heavy atom. The van der Waals surface area contributed by atoms with E-state index in [1.807, 2.05) is 0 Å². The summed E-state index contributed by atoms with van der Waals surface area (Å²) in [5.41, 5.74) is 2.81. The van der Waals surface area contributed by atoms with Crippen LogP contribution in [0.3, 0.4) is 0 Å². The lowest BCUT2D eigenvalue weighted by Crippen LogP contribution is -2.46. The van der Waals surface area contributed by atoms with E-state index in [4.69, 9.17) is 4.74 Å². The maximum Gasteiger partial charge on any atom is 0.408 e. The van der Waals surface area contributed by atoms with Gasteiger partial charge in [0.2, 0.25) is 0 Å². The fourth-order valence-corrected chi connectivity index (χ4v) is 2.08. The number of hydrogen-bond donors (Lipinski definition) is 4. The number of ether oxygens (including phenoxy) is 1. The van der Waals surface area contributed by atoms with Gasteiger partial charge in [0, 0.05) is 12.4 Å². The van der Waals surface area contributed by atoms with Crippen molar-refractivity contribution in [3.05, 3.63) is 42.0 Å². The molecule has 0 aromatic carbocycles. The SMILES string of the molecule is CC(NC(=O)OC(C)(C)C)C(=O)Nn1cccc1C(=O)NCc1cc[nH]n1. The van der Waals surface area contributed by atoms with E-state index in [9.17, 15) is 14.4 Å². The molecule has 27 heavy (non-hydrogen) atoms. The molecule has 2 aromatic rings. The van der Waals surface area contributed by atoms with Gasteiger partial charge in [-0.1, -0.05) is 0 Å². The van der Waals surface area contributed by atoms with Gasteiger partial charge in [0.15, 0.2) is 0 Å². The van der Waals surface area contributed by atoms with Gasteiger partial charge in [0.05, 0.1) is 12.2 Å². The molecule has 0 aliphatic heterocycles. The third-order valence-corrected chi connectivity index (χ3v) is 3.33. The number of nitrogens with one attached hydrogen (secondary N) is 4. The van der Waals surface area contributed by atoms with Gasteiger partial charge in [-0.15, -0.1) is 0 Å². The zero-order valence-corrected chi connectivity index (χ0v) is 15.7. The fourth-order valence-electron chi connectivity index (χ4n) is 2.08. The predicted octanol–water partition coefficient (Wildman–Crippen LogP) is 1.12. The van der Waals surface area contributed by atoms with Crippen molar-refractivity contribution in [3.63, 3.8) is 0 Å². The molecule has 10 nitrogen and oxygen atoms in total. The first kappa shape index (κ1) is 20.0. The molecule has 10 heteroatoms. The van der Waals surface area contributed by atoms with Gasteiger partial charge < -0.3 is 15.4 Å². The highest BCUT2D eigenvalue weighted by atomic mass is 16.6. The van der Waals surface area contributed by atoms with Crippen molar-refractivity contribution in [2.75, 3.05) is 5.43 Å². The third kappa shape index (κ3) is 6.17. The summed E-state index contributed by atoms with van der Waals surface area (Å²) in [6, 6.07) is 4.06. The molecule has 1 atom stereocenters. The monoisotopic (exact) mass is 376 g/mol. The molecular weight excluding hydrogens is 352 g/mol. The first-order valence-corrected chi connectivity index (χ1v) is 8.40. The first-order valence-electron chi connectivity index (χ1n) is 8.40. The standard InChI is InChI=1S/C17H24N6O4/c1-11(20-16(26)27-17(2,3)4)14(24)22-23-9-5-6-13(23)15(25)18-10-12-7-8-19-21-12/h5-9,11H,10H2,1-4H3,(H,18,25)(H,19,21)(H,20,26)(H,22,24). The van der Waals surface area contributed by atoms with Crippen LogP contribution < -0.4 is 16.1 Å². The Bertz CT molecular complexity index is 791. The average Bonchev–Trinajstić information content (AvgIpc) is 3.22. The van der Waals surface area contributed by atoms with Crippen LogP contribution in [0.25, 0.3) is 0 Å². The van der Waals surface area contributed by atoms with E-state index in [0.29, 0.717) is 5.69 Å². The molecule has 4 N–H and O–H groups in total. The molecule has 146 valence electrons. The van der Waals surface area contributed by atoms with Crippen LogP contribution in [0.4, 0.5) is 4.79 Å². The molecule has 2 aromatic heterocycles. The van der Waals surface area contributed by atoms with Crippen molar-refractivity contribution in [1.82, 2.24) is 25.5 Å². The number of rotatable bonds is 6. The fraction of sp³-hybridized carbons (Fsp3) is 0.412. The Labute approximate surface area is 156 Å². The maximum atomic E-state index is 12.3. The second-order valence-corrected chi connectivity index (χ2v) is 6.86. The number of H-pyrrole nitrogens is 1. The number of amides is 3. The smallest absolute Gasteiger partial charge is 0.408 e. The topological polar surface area (TPSA) is 130 Å². The largest absolute Gasteiger partial charge is 0.444 e. The Balaban J connectivity index is 1.91. The highest BCUT2D eigenvalue weighted by molar-refractivity contribution is 5.95. The lowest BCUT2D eigenvalue weighted by molar-refractivity contribution is -0.118. The second-order valence-electron chi connectivity index (χ2n) is 6.86.